The van der Waals surface area contributed by atoms with Gasteiger partial charge in [-0.15, -0.1) is 0 Å². The summed E-state index contributed by atoms with van der Waals surface area (Å²) in [5.74, 6) is -0.406. The fourth-order valence-corrected chi connectivity index (χ4v) is 4.80. The van der Waals surface area contributed by atoms with Crippen molar-refractivity contribution in [1.29, 1.82) is 0 Å². The number of para-hydroxylation sites is 1. The fourth-order valence-electron chi connectivity index (χ4n) is 4.15. The van der Waals surface area contributed by atoms with Crippen molar-refractivity contribution in [1.82, 2.24) is 20.2 Å². The van der Waals surface area contributed by atoms with E-state index in [1.807, 2.05) is 30.3 Å². The summed E-state index contributed by atoms with van der Waals surface area (Å²) in [4.78, 5) is 36.9. The first-order valence-electron chi connectivity index (χ1n) is 10.8. The van der Waals surface area contributed by atoms with E-state index in [9.17, 15) is 9.59 Å². The molecule has 2 aliphatic heterocycles. The molecule has 2 aliphatic rings. The summed E-state index contributed by atoms with van der Waals surface area (Å²) in [5.41, 5.74) is 2.76. The molecule has 2 aromatic carbocycles. The minimum Gasteiger partial charge on any atom is -0.367 e. The maximum absolute atomic E-state index is 15.2. The van der Waals surface area contributed by atoms with Gasteiger partial charge in [0, 0.05) is 49.4 Å². The predicted molar refractivity (Wildman–Crippen MR) is 128 cm³/mol. The second-order valence-corrected chi connectivity index (χ2v) is 8.93. The van der Waals surface area contributed by atoms with E-state index in [0.29, 0.717) is 17.0 Å². The number of hydrogen-bond acceptors (Lipinski definition) is 7. The molecule has 0 saturated carbocycles. The van der Waals surface area contributed by atoms with Crippen LogP contribution in [-0.4, -0.2) is 58.7 Å². The zero-order valence-corrected chi connectivity index (χ0v) is 18.9. The summed E-state index contributed by atoms with van der Waals surface area (Å²) in [6.45, 7) is 6.61. The van der Waals surface area contributed by atoms with Crippen LogP contribution in [0.25, 0.3) is 28.1 Å². The van der Waals surface area contributed by atoms with E-state index in [2.05, 4.69) is 32.0 Å². The molecule has 2 saturated heterocycles. The Kier molecular flexibility index (Phi) is 5.82. The number of hydrogen-bond donors (Lipinski definition) is 1. The van der Waals surface area contributed by atoms with Gasteiger partial charge in [0.15, 0.2) is 5.82 Å². The molecule has 2 amide bonds. The molecule has 0 aliphatic carbocycles. The van der Waals surface area contributed by atoms with Crippen molar-refractivity contribution >= 4 is 45.6 Å². The van der Waals surface area contributed by atoms with Crippen molar-refractivity contribution in [3.63, 3.8) is 0 Å². The molecule has 9 heteroatoms. The molecule has 0 spiro atoms. The predicted octanol–water partition coefficient (Wildman–Crippen LogP) is 3.90. The first-order chi connectivity index (χ1) is 16.0. The summed E-state index contributed by atoms with van der Waals surface area (Å²) >= 11 is 0.817. The number of rotatable bonds is 4. The number of anilines is 1. The molecule has 2 fully saturated rings. The van der Waals surface area contributed by atoms with Crippen LogP contribution < -0.4 is 10.2 Å². The number of piperazine rings is 1. The van der Waals surface area contributed by atoms with E-state index in [4.69, 9.17) is 0 Å². The summed E-state index contributed by atoms with van der Waals surface area (Å²) in [6.07, 6.45) is 3.15. The topological polar surface area (TPSA) is 78.4 Å². The number of nitrogens with zero attached hydrogens (tertiary/aromatic N) is 4. The standard InChI is InChI=1S/C24H22FN5O2S/c1-2-29-8-10-30(11-9-29)19-7-6-15(12-18(19)25)17-5-3-4-16-14-26-21(27-22(16)17)13-20-23(31)28-24(32)33-20/h3-7,12-14H,2,8-11H2,1H3,(H,28,31,32). The number of carbonyl (C=O) groups excluding carboxylic acids is 2. The van der Waals surface area contributed by atoms with Crippen LogP contribution in [0.1, 0.15) is 12.7 Å². The highest BCUT2D eigenvalue weighted by molar-refractivity contribution is 8.18. The molecule has 3 aromatic rings. The third kappa shape index (κ3) is 4.34. The second kappa shape index (κ2) is 8.92. The highest BCUT2D eigenvalue weighted by Crippen LogP contribution is 2.32. The maximum Gasteiger partial charge on any atom is 0.290 e. The molecular weight excluding hydrogens is 441 g/mol. The van der Waals surface area contributed by atoms with Crippen molar-refractivity contribution in [3.8, 4) is 11.1 Å². The van der Waals surface area contributed by atoms with E-state index in [1.165, 1.54) is 6.08 Å². The van der Waals surface area contributed by atoms with E-state index in [1.54, 1.807) is 12.3 Å². The van der Waals surface area contributed by atoms with Gasteiger partial charge < -0.3 is 9.80 Å². The van der Waals surface area contributed by atoms with Crippen LogP contribution in [-0.2, 0) is 4.79 Å². The fraction of sp³-hybridized carbons (Fsp3) is 0.250. The van der Waals surface area contributed by atoms with Gasteiger partial charge in [-0.3, -0.25) is 14.9 Å². The Balaban J connectivity index is 1.48. The number of aromatic nitrogens is 2. The first-order valence-corrected chi connectivity index (χ1v) is 11.6. The van der Waals surface area contributed by atoms with Gasteiger partial charge in [0.05, 0.1) is 16.1 Å². The molecule has 5 rings (SSSR count). The summed E-state index contributed by atoms with van der Waals surface area (Å²) < 4.78 is 15.2. The molecule has 168 valence electrons. The minimum atomic E-state index is -0.459. The van der Waals surface area contributed by atoms with Gasteiger partial charge in [-0.05, 0) is 36.0 Å². The molecule has 3 heterocycles. The van der Waals surface area contributed by atoms with Crippen LogP contribution >= 0.6 is 11.8 Å². The summed E-state index contributed by atoms with van der Waals surface area (Å²) in [6, 6.07) is 11.0. The van der Waals surface area contributed by atoms with Crippen LogP contribution in [0.5, 0.6) is 0 Å². The Hall–Kier alpha value is -3.30. The lowest BCUT2D eigenvalue weighted by atomic mass is 10.0. The largest absolute Gasteiger partial charge is 0.367 e. The van der Waals surface area contributed by atoms with E-state index >= 15 is 4.39 Å². The average Bonchev–Trinajstić information content (AvgIpc) is 3.15. The Bertz CT molecular complexity index is 1290. The van der Waals surface area contributed by atoms with Gasteiger partial charge in [-0.2, -0.15) is 0 Å². The van der Waals surface area contributed by atoms with Crippen LogP contribution in [0.15, 0.2) is 47.5 Å². The Labute approximate surface area is 194 Å². The quantitative estimate of drug-likeness (QED) is 0.588. The third-order valence-corrected chi connectivity index (χ3v) is 6.76. The molecule has 1 N–H and O–H groups in total. The van der Waals surface area contributed by atoms with Crippen molar-refractivity contribution in [3.05, 3.63) is 59.1 Å². The number of nitrogens with one attached hydrogen (secondary N) is 1. The third-order valence-electron chi connectivity index (χ3n) is 5.95. The van der Waals surface area contributed by atoms with E-state index in [0.717, 1.165) is 61.0 Å². The SMILES string of the molecule is CCN1CCN(c2ccc(-c3cccc4cnc(C=C5SC(=O)NC5=O)nc34)cc2F)CC1. The van der Waals surface area contributed by atoms with Gasteiger partial charge >= 0.3 is 0 Å². The Morgan fingerprint density at radius 3 is 2.67 bits per heavy atom. The maximum atomic E-state index is 15.2. The van der Waals surface area contributed by atoms with Crippen molar-refractivity contribution in [2.45, 2.75) is 6.92 Å². The van der Waals surface area contributed by atoms with Crippen LogP contribution in [0.2, 0.25) is 0 Å². The van der Waals surface area contributed by atoms with Gasteiger partial charge in [0.1, 0.15) is 5.82 Å². The second-order valence-electron chi connectivity index (χ2n) is 7.91. The van der Waals surface area contributed by atoms with E-state index < -0.39 is 11.1 Å². The lowest BCUT2D eigenvalue weighted by molar-refractivity contribution is -0.115. The van der Waals surface area contributed by atoms with Crippen LogP contribution in [0.4, 0.5) is 14.9 Å². The molecular formula is C24H22FN5O2S. The van der Waals surface area contributed by atoms with Gasteiger partial charge in [-0.25, -0.2) is 14.4 Å². The van der Waals surface area contributed by atoms with E-state index in [-0.39, 0.29) is 10.7 Å². The molecule has 33 heavy (non-hydrogen) atoms. The summed E-state index contributed by atoms with van der Waals surface area (Å²) in [5, 5.41) is 2.60. The number of amides is 2. The number of fused-ring (bicyclic) bond motifs is 1. The lowest BCUT2D eigenvalue weighted by Crippen LogP contribution is -2.46. The van der Waals surface area contributed by atoms with Gasteiger partial charge in [0.25, 0.3) is 11.1 Å². The number of thioether (sulfide) groups is 1. The monoisotopic (exact) mass is 463 g/mol. The summed E-state index contributed by atoms with van der Waals surface area (Å²) in [7, 11) is 0. The molecule has 0 atom stereocenters. The lowest BCUT2D eigenvalue weighted by Gasteiger charge is -2.35. The van der Waals surface area contributed by atoms with Crippen molar-refractivity contribution in [2.24, 2.45) is 0 Å². The molecule has 0 unspecified atom stereocenters. The first kappa shape index (κ1) is 21.5. The number of halogens is 1. The number of benzene rings is 2. The highest BCUT2D eigenvalue weighted by atomic mass is 32.2. The smallest absolute Gasteiger partial charge is 0.290 e. The normalized spacial score (nSPS) is 18.4. The number of likely N-dealkylation sites (N-methyl/N-ethyl adjacent to an activating group) is 1. The zero-order chi connectivity index (χ0) is 22.9. The molecule has 0 bridgehead atoms. The average molecular weight is 464 g/mol. The minimum absolute atomic E-state index is 0.246. The molecule has 7 nitrogen and oxygen atoms in total. The number of carbonyl (C=O) groups is 2. The van der Waals surface area contributed by atoms with Gasteiger partial charge in [0.2, 0.25) is 0 Å². The molecule has 0 radical (unpaired) electrons. The zero-order valence-electron chi connectivity index (χ0n) is 18.0. The van der Waals surface area contributed by atoms with Crippen LogP contribution in [0.3, 0.4) is 0 Å². The van der Waals surface area contributed by atoms with Crippen LogP contribution in [0, 0.1) is 5.82 Å². The van der Waals surface area contributed by atoms with Crippen molar-refractivity contribution < 1.29 is 14.0 Å². The highest BCUT2D eigenvalue weighted by Gasteiger charge is 2.25. The van der Waals surface area contributed by atoms with Crippen molar-refractivity contribution in [2.75, 3.05) is 37.6 Å². The number of imide groups is 1. The van der Waals surface area contributed by atoms with Gasteiger partial charge in [-0.1, -0.05) is 31.2 Å². The molecule has 1 aromatic heterocycles. The Morgan fingerprint density at radius 2 is 1.97 bits per heavy atom. The Morgan fingerprint density at radius 1 is 1.15 bits per heavy atom.